The summed E-state index contributed by atoms with van der Waals surface area (Å²) in [4.78, 5) is 21.1. The number of piperazine rings is 1. The van der Waals surface area contributed by atoms with Crippen LogP contribution in [-0.2, 0) is 4.74 Å². The molecule has 0 N–H and O–H groups in total. The summed E-state index contributed by atoms with van der Waals surface area (Å²) in [5, 5.41) is 0.722. The number of nitrogens with zero attached hydrogens (tertiary/aromatic N) is 3. The van der Waals surface area contributed by atoms with Crippen LogP contribution in [0.2, 0.25) is 5.02 Å². The number of anilines is 1. The molecule has 1 aromatic heterocycles. The molecule has 3 rings (SSSR count). The molecule has 0 aliphatic carbocycles. The molecule has 2 heterocycles. The molecular weight excluding hydrogens is 390 g/mol. The van der Waals surface area contributed by atoms with Crippen LogP contribution in [0.15, 0.2) is 42.6 Å². The molecule has 0 saturated carbocycles. The predicted molar refractivity (Wildman–Crippen MR) is 115 cm³/mol. The van der Waals surface area contributed by atoms with Gasteiger partial charge >= 0.3 is 0 Å². The summed E-state index contributed by atoms with van der Waals surface area (Å²) in [6.45, 7) is 9.78. The van der Waals surface area contributed by atoms with Gasteiger partial charge in [-0.1, -0.05) is 17.7 Å². The van der Waals surface area contributed by atoms with Crippen molar-refractivity contribution in [2.24, 2.45) is 0 Å². The molecule has 0 radical (unpaired) electrons. The number of aromatic nitrogens is 1. The standard InChI is InChI=1S/C22H28ClN3O3/c1-22(2,3)29-14-13-28-20-8-7-17(16-24-20)21(27)26-11-9-25(10-12-26)19-6-4-5-18(23)15-19/h4-8,15-16H,9-14H2,1-3H3. The van der Waals surface area contributed by atoms with Gasteiger partial charge in [0.1, 0.15) is 6.61 Å². The third kappa shape index (κ3) is 6.34. The number of benzene rings is 1. The Morgan fingerprint density at radius 3 is 2.48 bits per heavy atom. The lowest BCUT2D eigenvalue weighted by Crippen LogP contribution is -2.48. The summed E-state index contributed by atoms with van der Waals surface area (Å²) < 4.78 is 11.2. The maximum absolute atomic E-state index is 12.8. The molecular formula is C22H28ClN3O3. The molecule has 29 heavy (non-hydrogen) atoms. The SMILES string of the molecule is CC(C)(C)OCCOc1ccc(C(=O)N2CCN(c3cccc(Cl)c3)CC2)cn1. The molecule has 0 atom stereocenters. The number of ether oxygens (including phenoxy) is 2. The van der Waals surface area contributed by atoms with E-state index in [0.29, 0.717) is 37.7 Å². The number of hydrogen-bond acceptors (Lipinski definition) is 5. The molecule has 2 aromatic rings. The van der Waals surface area contributed by atoms with Crippen LogP contribution < -0.4 is 9.64 Å². The summed E-state index contributed by atoms with van der Waals surface area (Å²) in [5.74, 6) is 0.482. The molecule has 0 bridgehead atoms. The van der Waals surface area contributed by atoms with Crippen molar-refractivity contribution in [3.05, 3.63) is 53.2 Å². The van der Waals surface area contributed by atoms with Gasteiger partial charge in [0.2, 0.25) is 5.88 Å². The van der Waals surface area contributed by atoms with Gasteiger partial charge in [-0.05, 0) is 45.0 Å². The zero-order valence-electron chi connectivity index (χ0n) is 17.2. The molecule has 6 nitrogen and oxygen atoms in total. The Kier molecular flexibility index (Phi) is 6.98. The van der Waals surface area contributed by atoms with Crippen molar-refractivity contribution in [2.75, 3.05) is 44.3 Å². The highest BCUT2D eigenvalue weighted by Gasteiger charge is 2.22. The molecule has 1 fully saturated rings. The van der Waals surface area contributed by atoms with Gasteiger partial charge in [0.15, 0.2) is 0 Å². The normalized spacial score (nSPS) is 14.8. The second-order valence-corrected chi connectivity index (χ2v) is 8.39. The minimum atomic E-state index is -0.191. The first kappa shape index (κ1) is 21.4. The van der Waals surface area contributed by atoms with Gasteiger partial charge < -0.3 is 19.3 Å². The van der Waals surface area contributed by atoms with Crippen molar-refractivity contribution in [3.8, 4) is 5.88 Å². The quantitative estimate of drug-likeness (QED) is 0.667. The minimum absolute atomic E-state index is 0.00846. The Balaban J connectivity index is 1.48. The first-order chi connectivity index (χ1) is 13.8. The Bertz CT molecular complexity index is 813. The number of carbonyl (C=O) groups excluding carboxylic acids is 1. The van der Waals surface area contributed by atoms with E-state index in [2.05, 4.69) is 9.88 Å². The summed E-state index contributed by atoms with van der Waals surface area (Å²) in [6.07, 6.45) is 1.58. The molecule has 7 heteroatoms. The average molecular weight is 418 g/mol. The van der Waals surface area contributed by atoms with Crippen LogP contribution >= 0.6 is 11.6 Å². The Labute approximate surface area is 177 Å². The van der Waals surface area contributed by atoms with Gasteiger partial charge in [-0.2, -0.15) is 0 Å². The van der Waals surface area contributed by atoms with Crippen LogP contribution in [0.3, 0.4) is 0 Å². The smallest absolute Gasteiger partial charge is 0.255 e. The van der Waals surface area contributed by atoms with Crippen LogP contribution in [0.5, 0.6) is 5.88 Å². The van der Waals surface area contributed by atoms with Gasteiger partial charge in [-0.3, -0.25) is 4.79 Å². The summed E-state index contributed by atoms with van der Waals surface area (Å²) in [6, 6.07) is 11.3. The Hall–Kier alpha value is -2.31. The number of carbonyl (C=O) groups is 1. The predicted octanol–water partition coefficient (Wildman–Crippen LogP) is 3.89. The van der Waals surface area contributed by atoms with Crippen LogP contribution in [0.25, 0.3) is 0 Å². The average Bonchev–Trinajstić information content (AvgIpc) is 2.71. The first-order valence-corrected chi connectivity index (χ1v) is 10.2. The van der Waals surface area contributed by atoms with Crippen LogP contribution in [0.1, 0.15) is 31.1 Å². The lowest BCUT2D eigenvalue weighted by Gasteiger charge is -2.36. The van der Waals surface area contributed by atoms with Crippen molar-refractivity contribution in [2.45, 2.75) is 26.4 Å². The molecule has 1 aromatic carbocycles. The van der Waals surface area contributed by atoms with Crippen molar-refractivity contribution < 1.29 is 14.3 Å². The van der Waals surface area contributed by atoms with E-state index in [4.69, 9.17) is 21.1 Å². The van der Waals surface area contributed by atoms with E-state index in [-0.39, 0.29) is 11.5 Å². The largest absolute Gasteiger partial charge is 0.475 e. The molecule has 1 aliphatic rings. The molecule has 0 unspecified atom stereocenters. The first-order valence-electron chi connectivity index (χ1n) is 9.84. The van der Waals surface area contributed by atoms with Crippen LogP contribution in [0, 0.1) is 0 Å². The minimum Gasteiger partial charge on any atom is -0.475 e. The Morgan fingerprint density at radius 2 is 1.86 bits per heavy atom. The van der Waals surface area contributed by atoms with Gasteiger partial charge in [0.05, 0.1) is 17.8 Å². The highest BCUT2D eigenvalue weighted by Crippen LogP contribution is 2.21. The fourth-order valence-electron chi connectivity index (χ4n) is 3.11. The lowest BCUT2D eigenvalue weighted by atomic mass is 10.2. The van der Waals surface area contributed by atoms with Crippen molar-refractivity contribution >= 4 is 23.2 Å². The van der Waals surface area contributed by atoms with Crippen LogP contribution in [-0.4, -0.2) is 60.8 Å². The van der Waals surface area contributed by atoms with Crippen LogP contribution in [0.4, 0.5) is 5.69 Å². The zero-order chi connectivity index (χ0) is 20.9. The maximum atomic E-state index is 12.8. The number of hydrogen-bond donors (Lipinski definition) is 0. The second kappa shape index (κ2) is 9.46. The number of halogens is 1. The van der Waals surface area contributed by atoms with E-state index >= 15 is 0 Å². The van der Waals surface area contributed by atoms with E-state index in [9.17, 15) is 4.79 Å². The van der Waals surface area contributed by atoms with E-state index in [0.717, 1.165) is 23.8 Å². The molecule has 1 saturated heterocycles. The summed E-state index contributed by atoms with van der Waals surface area (Å²) >= 11 is 6.08. The molecule has 1 aliphatic heterocycles. The third-order valence-electron chi connectivity index (χ3n) is 4.59. The van der Waals surface area contributed by atoms with Gasteiger partial charge in [0.25, 0.3) is 5.91 Å². The van der Waals surface area contributed by atoms with Gasteiger partial charge in [0, 0.05) is 49.2 Å². The van der Waals surface area contributed by atoms with Gasteiger partial charge in [-0.25, -0.2) is 4.98 Å². The van der Waals surface area contributed by atoms with Crippen molar-refractivity contribution in [3.63, 3.8) is 0 Å². The zero-order valence-corrected chi connectivity index (χ0v) is 18.0. The summed E-state index contributed by atoms with van der Waals surface area (Å²) in [5.41, 5.74) is 1.46. The lowest BCUT2D eigenvalue weighted by molar-refractivity contribution is -0.0168. The monoisotopic (exact) mass is 417 g/mol. The van der Waals surface area contributed by atoms with Crippen molar-refractivity contribution in [1.29, 1.82) is 0 Å². The number of pyridine rings is 1. The highest BCUT2D eigenvalue weighted by molar-refractivity contribution is 6.30. The number of amides is 1. The topological polar surface area (TPSA) is 54.9 Å². The van der Waals surface area contributed by atoms with E-state index in [1.165, 1.54) is 0 Å². The fraction of sp³-hybridized carbons (Fsp3) is 0.455. The van der Waals surface area contributed by atoms with Crippen molar-refractivity contribution in [1.82, 2.24) is 9.88 Å². The fourth-order valence-corrected chi connectivity index (χ4v) is 3.29. The molecule has 156 valence electrons. The maximum Gasteiger partial charge on any atom is 0.255 e. The molecule has 1 amide bonds. The van der Waals surface area contributed by atoms with Gasteiger partial charge in [-0.15, -0.1) is 0 Å². The Morgan fingerprint density at radius 1 is 1.10 bits per heavy atom. The number of rotatable bonds is 6. The van der Waals surface area contributed by atoms with E-state index in [1.807, 2.05) is 49.9 Å². The van der Waals surface area contributed by atoms with E-state index in [1.54, 1.807) is 18.3 Å². The second-order valence-electron chi connectivity index (χ2n) is 7.95. The summed E-state index contributed by atoms with van der Waals surface area (Å²) in [7, 11) is 0. The highest BCUT2D eigenvalue weighted by atomic mass is 35.5. The molecule has 0 spiro atoms. The third-order valence-corrected chi connectivity index (χ3v) is 4.83. The van der Waals surface area contributed by atoms with E-state index < -0.39 is 0 Å².